The first kappa shape index (κ1) is 18.4. The molecule has 2 N–H and O–H groups in total. The number of rotatable bonds is 6. The Morgan fingerprint density at radius 3 is 2.71 bits per heavy atom. The number of nitrogens with zero attached hydrogens (tertiary/aromatic N) is 3. The minimum Gasteiger partial charge on any atom is -0.395 e. The van der Waals surface area contributed by atoms with Crippen molar-refractivity contribution >= 4 is 11.8 Å². The van der Waals surface area contributed by atoms with Crippen molar-refractivity contribution in [2.45, 2.75) is 32.2 Å². The molecule has 6 nitrogen and oxygen atoms in total. The summed E-state index contributed by atoms with van der Waals surface area (Å²) in [6, 6.07) is 3.38. The number of halogens is 2. The molecule has 134 valence electrons. The average Bonchev–Trinajstić information content (AvgIpc) is 2.55. The first-order chi connectivity index (χ1) is 11.5. The number of alkyl halides is 2. The number of hydrogen-bond donors (Lipinski definition) is 2. The minimum absolute atomic E-state index is 0.0573. The van der Waals surface area contributed by atoms with Crippen molar-refractivity contribution in [1.29, 1.82) is 0 Å². The number of carbonyl (C=O) groups is 1. The molecule has 0 unspecified atom stereocenters. The number of amides is 2. The lowest BCUT2D eigenvalue weighted by Crippen LogP contribution is -2.51. The Morgan fingerprint density at radius 1 is 1.46 bits per heavy atom. The van der Waals surface area contributed by atoms with E-state index in [1.807, 2.05) is 25.3 Å². The lowest BCUT2D eigenvalue weighted by Gasteiger charge is -2.34. The third kappa shape index (κ3) is 5.30. The van der Waals surface area contributed by atoms with Crippen LogP contribution in [0.3, 0.4) is 0 Å². The van der Waals surface area contributed by atoms with Gasteiger partial charge in [0, 0.05) is 31.9 Å². The smallest absolute Gasteiger partial charge is 0.317 e. The molecule has 2 heterocycles. The van der Waals surface area contributed by atoms with Gasteiger partial charge in [0.15, 0.2) is 0 Å². The molecular weight excluding hydrogens is 318 g/mol. The molecule has 1 aromatic rings. The molecule has 0 saturated carbocycles. The van der Waals surface area contributed by atoms with Gasteiger partial charge in [-0.15, -0.1) is 0 Å². The zero-order valence-corrected chi connectivity index (χ0v) is 13.8. The van der Waals surface area contributed by atoms with Gasteiger partial charge in [-0.05, 0) is 31.4 Å². The predicted octanol–water partition coefficient (Wildman–Crippen LogP) is 1.63. The van der Waals surface area contributed by atoms with Crippen LogP contribution in [0.2, 0.25) is 0 Å². The van der Waals surface area contributed by atoms with Crippen molar-refractivity contribution in [3.63, 3.8) is 0 Å². The first-order valence-corrected chi connectivity index (χ1v) is 8.11. The van der Waals surface area contributed by atoms with Gasteiger partial charge in [-0.25, -0.2) is 18.6 Å². The number of aromatic nitrogens is 1. The Labute approximate surface area is 140 Å². The summed E-state index contributed by atoms with van der Waals surface area (Å²) in [6.45, 7) is 2.38. The second-order valence-corrected chi connectivity index (χ2v) is 5.97. The maximum absolute atomic E-state index is 12.5. The Bertz CT molecular complexity index is 519. The van der Waals surface area contributed by atoms with Crippen molar-refractivity contribution in [3.8, 4) is 0 Å². The van der Waals surface area contributed by atoms with Crippen molar-refractivity contribution in [2.24, 2.45) is 0 Å². The first-order valence-electron chi connectivity index (χ1n) is 8.11. The van der Waals surface area contributed by atoms with Gasteiger partial charge >= 0.3 is 6.03 Å². The van der Waals surface area contributed by atoms with Gasteiger partial charge in [-0.1, -0.05) is 6.07 Å². The van der Waals surface area contributed by atoms with E-state index < -0.39 is 19.0 Å². The number of carbonyl (C=O) groups excluding carboxylic acids is 1. The van der Waals surface area contributed by atoms with Gasteiger partial charge in [0.1, 0.15) is 5.82 Å². The van der Waals surface area contributed by atoms with E-state index in [0.29, 0.717) is 0 Å². The number of aliphatic hydroxyl groups is 1. The maximum atomic E-state index is 12.5. The van der Waals surface area contributed by atoms with Gasteiger partial charge in [-0.2, -0.15) is 0 Å². The summed E-state index contributed by atoms with van der Waals surface area (Å²) < 4.78 is 25.0. The molecule has 0 aromatic carbocycles. The van der Waals surface area contributed by atoms with Crippen LogP contribution in [0, 0.1) is 6.92 Å². The lowest BCUT2D eigenvalue weighted by atomic mass is 10.1. The van der Waals surface area contributed by atoms with Gasteiger partial charge in [0.25, 0.3) is 6.43 Å². The van der Waals surface area contributed by atoms with E-state index >= 15 is 0 Å². The van der Waals surface area contributed by atoms with E-state index in [4.69, 9.17) is 5.11 Å². The van der Waals surface area contributed by atoms with Crippen LogP contribution in [0.15, 0.2) is 18.3 Å². The Balaban J connectivity index is 1.83. The van der Waals surface area contributed by atoms with E-state index in [1.54, 1.807) is 0 Å². The quantitative estimate of drug-likeness (QED) is 0.824. The highest BCUT2D eigenvalue weighted by Gasteiger charge is 2.24. The highest BCUT2D eigenvalue weighted by Crippen LogP contribution is 2.18. The van der Waals surface area contributed by atoms with E-state index in [9.17, 15) is 13.6 Å². The van der Waals surface area contributed by atoms with Gasteiger partial charge < -0.3 is 20.2 Å². The SMILES string of the molecule is Cc1ccc(N2CCC(NC(=O)N(CCO)CC(F)F)CC2)nc1. The zero-order chi connectivity index (χ0) is 17.5. The van der Waals surface area contributed by atoms with Crippen LogP contribution in [0.4, 0.5) is 19.4 Å². The summed E-state index contributed by atoms with van der Waals surface area (Å²) in [5.41, 5.74) is 1.10. The molecular formula is C16H24F2N4O2. The third-order valence-corrected chi connectivity index (χ3v) is 4.06. The van der Waals surface area contributed by atoms with E-state index in [0.717, 1.165) is 42.2 Å². The fourth-order valence-corrected chi connectivity index (χ4v) is 2.73. The number of aliphatic hydroxyl groups excluding tert-OH is 1. The van der Waals surface area contributed by atoms with Crippen LogP contribution in [0.5, 0.6) is 0 Å². The van der Waals surface area contributed by atoms with Crippen LogP contribution < -0.4 is 10.2 Å². The molecule has 1 aromatic heterocycles. The molecule has 0 aliphatic carbocycles. The molecule has 0 bridgehead atoms. The monoisotopic (exact) mass is 342 g/mol. The number of nitrogens with one attached hydrogen (secondary N) is 1. The second kappa shape index (κ2) is 8.77. The minimum atomic E-state index is -2.61. The second-order valence-electron chi connectivity index (χ2n) is 5.97. The molecule has 1 aliphatic rings. The van der Waals surface area contributed by atoms with Gasteiger partial charge in [-0.3, -0.25) is 0 Å². The Kier molecular flexibility index (Phi) is 6.72. The molecule has 24 heavy (non-hydrogen) atoms. The lowest BCUT2D eigenvalue weighted by molar-refractivity contribution is 0.0890. The molecule has 1 fully saturated rings. The Morgan fingerprint density at radius 2 is 2.17 bits per heavy atom. The summed E-state index contributed by atoms with van der Waals surface area (Å²) in [4.78, 5) is 19.6. The molecule has 1 aliphatic heterocycles. The summed E-state index contributed by atoms with van der Waals surface area (Å²) >= 11 is 0. The number of hydrogen-bond acceptors (Lipinski definition) is 4. The van der Waals surface area contributed by atoms with Crippen LogP contribution >= 0.6 is 0 Å². The number of anilines is 1. The molecule has 2 rings (SSSR count). The normalized spacial score (nSPS) is 15.6. The van der Waals surface area contributed by atoms with Gasteiger partial charge in [0.05, 0.1) is 13.2 Å². The standard InChI is InChI=1S/C16H24F2N4O2/c1-12-2-3-15(19-10-12)21-6-4-13(5-7-21)20-16(24)22(8-9-23)11-14(17)18/h2-3,10,13-14,23H,4-9,11H2,1H3,(H,20,24). The van der Waals surface area contributed by atoms with Gasteiger partial charge in [0.2, 0.25) is 0 Å². The Hall–Kier alpha value is -1.96. The maximum Gasteiger partial charge on any atom is 0.317 e. The van der Waals surface area contributed by atoms with E-state index in [1.165, 1.54) is 0 Å². The van der Waals surface area contributed by atoms with E-state index in [-0.39, 0.29) is 19.2 Å². The summed E-state index contributed by atoms with van der Waals surface area (Å²) in [7, 11) is 0. The van der Waals surface area contributed by atoms with Crippen LogP contribution in [-0.4, -0.2) is 66.3 Å². The molecule has 1 saturated heterocycles. The number of pyridine rings is 1. The molecule has 0 spiro atoms. The molecule has 2 amide bonds. The summed E-state index contributed by atoms with van der Waals surface area (Å²) in [5, 5.41) is 11.7. The number of piperidine rings is 1. The van der Waals surface area contributed by atoms with Crippen LogP contribution in [0.1, 0.15) is 18.4 Å². The average molecular weight is 342 g/mol. The van der Waals surface area contributed by atoms with E-state index in [2.05, 4.69) is 15.2 Å². The summed E-state index contributed by atoms with van der Waals surface area (Å²) in [6.07, 6.45) is 0.656. The van der Waals surface area contributed by atoms with Crippen molar-refractivity contribution in [3.05, 3.63) is 23.9 Å². The largest absolute Gasteiger partial charge is 0.395 e. The molecule has 8 heteroatoms. The van der Waals surface area contributed by atoms with Crippen molar-refractivity contribution in [1.82, 2.24) is 15.2 Å². The molecule has 0 atom stereocenters. The van der Waals surface area contributed by atoms with Crippen molar-refractivity contribution in [2.75, 3.05) is 37.7 Å². The zero-order valence-electron chi connectivity index (χ0n) is 13.8. The highest BCUT2D eigenvalue weighted by atomic mass is 19.3. The number of urea groups is 1. The van der Waals surface area contributed by atoms with Crippen LogP contribution in [0.25, 0.3) is 0 Å². The number of aryl methyl sites for hydroxylation is 1. The summed E-state index contributed by atoms with van der Waals surface area (Å²) in [5.74, 6) is 0.907. The fraction of sp³-hybridized carbons (Fsp3) is 0.625. The predicted molar refractivity (Wildman–Crippen MR) is 87.4 cm³/mol. The fourth-order valence-electron chi connectivity index (χ4n) is 2.73. The molecule has 0 radical (unpaired) electrons. The van der Waals surface area contributed by atoms with Crippen LogP contribution in [-0.2, 0) is 0 Å². The highest BCUT2D eigenvalue weighted by molar-refractivity contribution is 5.74. The third-order valence-electron chi connectivity index (χ3n) is 4.06. The topological polar surface area (TPSA) is 68.7 Å². The van der Waals surface area contributed by atoms with Crippen molar-refractivity contribution < 1.29 is 18.7 Å².